The SMILES string of the molecule is CC1CCN(CCNC(=O)Cn2c(=O)[nH]c3ccccc3c2=O)CC1. The molecule has 7 nitrogen and oxygen atoms in total. The maximum atomic E-state index is 12.4. The van der Waals surface area contributed by atoms with Gasteiger partial charge in [-0.1, -0.05) is 19.1 Å². The summed E-state index contributed by atoms with van der Waals surface area (Å²) in [7, 11) is 0. The van der Waals surface area contributed by atoms with Crippen molar-refractivity contribution in [2.75, 3.05) is 26.2 Å². The smallest absolute Gasteiger partial charge is 0.329 e. The summed E-state index contributed by atoms with van der Waals surface area (Å²) in [5, 5.41) is 3.20. The summed E-state index contributed by atoms with van der Waals surface area (Å²) in [6.45, 7) is 5.42. The first-order valence-corrected chi connectivity index (χ1v) is 8.75. The number of benzene rings is 1. The lowest BCUT2D eigenvalue weighted by Gasteiger charge is -2.30. The van der Waals surface area contributed by atoms with Crippen LogP contribution in [0.3, 0.4) is 0 Å². The molecule has 134 valence electrons. The fourth-order valence-electron chi connectivity index (χ4n) is 3.18. The molecule has 1 aliphatic rings. The zero-order valence-corrected chi connectivity index (χ0v) is 14.5. The molecule has 0 aliphatic carbocycles. The molecule has 0 radical (unpaired) electrons. The van der Waals surface area contributed by atoms with Crippen molar-refractivity contribution in [1.29, 1.82) is 0 Å². The van der Waals surface area contributed by atoms with Gasteiger partial charge in [-0.25, -0.2) is 4.79 Å². The van der Waals surface area contributed by atoms with Gasteiger partial charge in [0.1, 0.15) is 6.54 Å². The molecule has 1 amide bonds. The number of aromatic amines is 1. The molecule has 0 atom stereocenters. The fourth-order valence-corrected chi connectivity index (χ4v) is 3.18. The number of hydrogen-bond acceptors (Lipinski definition) is 4. The number of aromatic nitrogens is 2. The first-order chi connectivity index (χ1) is 12.0. The van der Waals surface area contributed by atoms with Crippen LogP contribution in [0.25, 0.3) is 10.9 Å². The summed E-state index contributed by atoms with van der Waals surface area (Å²) < 4.78 is 0.945. The molecule has 1 aromatic heterocycles. The van der Waals surface area contributed by atoms with Gasteiger partial charge in [0.15, 0.2) is 0 Å². The zero-order valence-electron chi connectivity index (χ0n) is 14.5. The molecule has 1 aliphatic heterocycles. The van der Waals surface area contributed by atoms with Crippen LogP contribution in [0.5, 0.6) is 0 Å². The van der Waals surface area contributed by atoms with Gasteiger partial charge < -0.3 is 15.2 Å². The number of likely N-dealkylation sites (tertiary alicyclic amines) is 1. The lowest BCUT2D eigenvalue weighted by Crippen LogP contribution is -2.43. The molecular formula is C18H24N4O3. The number of carbonyl (C=O) groups excluding carboxylic acids is 1. The van der Waals surface area contributed by atoms with Crippen LogP contribution < -0.4 is 16.6 Å². The Hall–Kier alpha value is -2.41. The molecule has 1 aromatic carbocycles. The minimum absolute atomic E-state index is 0.268. The third-order valence-electron chi connectivity index (χ3n) is 4.82. The summed E-state index contributed by atoms with van der Waals surface area (Å²) in [6, 6.07) is 6.78. The topological polar surface area (TPSA) is 87.2 Å². The van der Waals surface area contributed by atoms with Crippen molar-refractivity contribution in [3.05, 3.63) is 45.1 Å². The van der Waals surface area contributed by atoms with Gasteiger partial charge in [-0.3, -0.25) is 14.2 Å². The molecule has 1 saturated heterocycles. The molecule has 2 aromatic rings. The average Bonchev–Trinajstić information content (AvgIpc) is 2.60. The van der Waals surface area contributed by atoms with E-state index in [4.69, 9.17) is 0 Å². The van der Waals surface area contributed by atoms with E-state index < -0.39 is 11.2 Å². The highest BCUT2D eigenvalue weighted by atomic mass is 16.2. The van der Waals surface area contributed by atoms with Crippen LogP contribution in [0.1, 0.15) is 19.8 Å². The number of piperidine rings is 1. The fraction of sp³-hybridized carbons (Fsp3) is 0.500. The monoisotopic (exact) mass is 344 g/mol. The van der Waals surface area contributed by atoms with Crippen LogP contribution in [0.15, 0.2) is 33.9 Å². The van der Waals surface area contributed by atoms with Crippen molar-refractivity contribution in [3.8, 4) is 0 Å². The van der Waals surface area contributed by atoms with E-state index in [-0.39, 0.29) is 12.5 Å². The first-order valence-electron chi connectivity index (χ1n) is 8.75. The molecule has 3 rings (SSSR count). The van der Waals surface area contributed by atoms with Gasteiger partial charge in [0.05, 0.1) is 10.9 Å². The summed E-state index contributed by atoms with van der Waals surface area (Å²) >= 11 is 0. The van der Waals surface area contributed by atoms with Crippen LogP contribution in [0.4, 0.5) is 0 Å². The average molecular weight is 344 g/mol. The van der Waals surface area contributed by atoms with Crippen LogP contribution in [-0.4, -0.2) is 46.5 Å². The van der Waals surface area contributed by atoms with E-state index in [1.54, 1.807) is 24.3 Å². The highest BCUT2D eigenvalue weighted by molar-refractivity contribution is 5.78. The second-order valence-corrected chi connectivity index (χ2v) is 6.74. The van der Waals surface area contributed by atoms with E-state index in [1.165, 1.54) is 12.8 Å². The van der Waals surface area contributed by atoms with E-state index in [0.717, 1.165) is 30.1 Å². The predicted octanol–water partition coefficient (Wildman–Crippen LogP) is 0.538. The number of carbonyl (C=O) groups is 1. The second-order valence-electron chi connectivity index (χ2n) is 6.74. The van der Waals surface area contributed by atoms with Crippen molar-refractivity contribution in [3.63, 3.8) is 0 Å². The number of para-hydroxylation sites is 1. The van der Waals surface area contributed by atoms with Gasteiger partial charge in [0.25, 0.3) is 5.56 Å². The zero-order chi connectivity index (χ0) is 17.8. The Morgan fingerprint density at radius 1 is 1.24 bits per heavy atom. The Morgan fingerprint density at radius 3 is 2.72 bits per heavy atom. The summed E-state index contributed by atoms with van der Waals surface area (Å²) in [5.41, 5.74) is -0.531. The Labute approximate surface area is 145 Å². The third kappa shape index (κ3) is 4.17. The molecular weight excluding hydrogens is 320 g/mol. The molecule has 0 bridgehead atoms. The number of nitrogens with zero attached hydrogens (tertiary/aromatic N) is 2. The van der Waals surface area contributed by atoms with E-state index in [2.05, 4.69) is 22.1 Å². The minimum Gasteiger partial charge on any atom is -0.353 e. The molecule has 0 spiro atoms. The van der Waals surface area contributed by atoms with E-state index in [9.17, 15) is 14.4 Å². The van der Waals surface area contributed by atoms with Crippen molar-refractivity contribution in [2.24, 2.45) is 5.92 Å². The quantitative estimate of drug-likeness (QED) is 0.829. The maximum absolute atomic E-state index is 12.4. The van der Waals surface area contributed by atoms with Gasteiger partial charge in [-0.15, -0.1) is 0 Å². The lowest BCUT2D eigenvalue weighted by atomic mass is 9.99. The largest absolute Gasteiger partial charge is 0.353 e. The lowest BCUT2D eigenvalue weighted by molar-refractivity contribution is -0.121. The Bertz CT molecular complexity index is 862. The van der Waals surface area contributed by atoms with E-state index in [1.807, 2.05) is 0 Å². The highest BCUT2D eigenvalue weighted by Gasteiger charge is 2.15. The maximum Gasteiger partial charge on any atom is 0.329 e. The summed E-state index contributed by atoms with van der Waals surface area (Å²) in [5.74, 6) is 0.450. The van der Waals surface area contributed by atoms with Crippen LogP contribution in [-0.2, 0) is 11.3 Å². The molecule has 0 saturated carbocycles. The minimum atomic E-state index is -0.566. The molecule has 25 heavy (non-hydrogen) atoms. The Kier molecular flexibility index (Phi) is 5.33. The van der Waals surface area contributed by atoms with Crippen LogP contribution in [0.2, 0.25) is 0 Å². The molecule has 2 heterocycles. The van der Waals surface area contributed by atoms with Crippen LogP contribution >= 0.6 is 0 Å². The van der Waals surface area contributed by atoms with Gasteiger partial charge >= 0.3 is 5.69 Å². The number of amides is 1. The Balaban J connectivity index is 1.59. The molecule has 7 heteroatoms. The summed E-state index contributed by atoms with van der Waals surface area (Å²) in [6.07, 6.45) is 2.38. The van der Waals surface area contributed by atoms with E-state index in [0.29, 0.717) is 17.4 Å². The molecule has 1 fully saturated rings. The number of rotatable bonds is 5. The standard InChI is InChI=1S/C18H24N4O3/c1-13-6-9-21(10-7-13)11-8-19-16(23)12-22-17(24)14-4-2-3-5-15(14)20-18(22)25/h2-5,13H,6-12H2,1H3,(H,19,23)(H,20,25). The van der Waals surface area contributed by atoms with E-state index >= 15 is 0 Å². The van der Waals surface area contributed by atoms with Gasteiger partial charge in [-0.05, 0) is 44.0 Å². The normalized spacial score (nSPS) is 16.2. The third-order valence-corrected chi connectivity index (χ3v) is 4.82. The van der Waals surface area contributed by atoms with Gasteiger partial charge in [-0.2, -0.15) is 0 Å². The van der Waals surface area contributed by atoms with Crippen molar-refractivity contribution in [2.45, 2.75) is 26.3 Å². The van der Waals surface area contributed by atoms with Crippen molar-refractivity contribution in [1.82, 2.24) is 19.8 Å². The number of nitrogens with one attached hydrogen (secondary N) is 2. The van der Waals surface area contributed by atoms with Gasteiger partial charge in [0, 0.05) is 13.1 Å². The molecule has 2 N–H and O–H groups in total. The second kappa shape index (κ2) is 7.65. The summed E-state index contributed by atoms with van der Waals surface area (Å²) in [4.78, 5) is 41.5. The Morgan fingerprint density at radius 2 is 1.96 bits per heavy atom. The number of fused-ring (bicyclic) bond motifs is 1. The number of hydrogen-bond donors (Lipinski definition) is 2. The van der Waals surface area contributed by atoms with Crippen LogP contribution in [0, 0.1) is 5.92 Å². The van der Waals surface area contributed by atoms with Crippen molar-refractivity contribution < 1.29 is 4.79 Å². The highest BCUT2D eigenvalue weighted by Crippen LogP contribution is 2.15. The first kappa shape index (κ1) is 17.4. The van der Waals surface area contributed by atoms with Crippen molar-refractivity contribution >= 4 is 16.8 Å². The predicted molar refractivity (Wildman–Crippen MR) is 96.7 cm³/mol. The number of H-pyrrole nitrogens is 1. The molecule has 0 unspecified atom stereocenters. The van der Waals surface area contributed by atoms with Gasteiger partial charge in [0.2, 0.25) is 5.91 Å².